The molecule has 0 aliphatic rings. The zero-order valence-electron chi connectivity index (χ0n) is 10.9. The lowest BCUT2D eigenvalue weighted by atomic mass is 10.1. The van der Waals surface area contributed by atoms with Gasteiger partial charge in [-0.3, -0.25) is 9.59 Å². The number of hydrogen-bond donors (Lipinski definition) is 1. The molecule has 1 heterocycles. The second kappa shape index (κ2) is 6.37. The number of carboxylic acid groups (broad SMARTS) is 1. The average Bonchev–Trinajstić information content (AvgIpc) is 2.67. The minimum atomic E-state index is -0.834. The molecule has 0 spiro atoms. The van der Waals surface area contributed by atoms with Gasteiger partial charge in [-0.25, -0.2) is 0 Å². The van der Waals surface area contributed by atoms with Crippen LogP contribution < -0.4 is 4.87 Å². The molecule has 2 rings (SSSR count). The Morgan fingerprint density at radius 2 is 2.00 bits per heavy atom. The second-order valence-corrected chi connectivity index (χ2v) is 6.32. The highest BCUT2D eigenvalue weighted by Gasteiger charge is 2.12. The van der Waals surface area contributed by atoms with Crippen LogP contribution in [0, 0.1) is 6.92 Å². The van der Waals surface area contributed by atoms with Crippen LogP contribution in [0.4, 0.5) is 0 Å². The fraction of sp³-hybridized carbons (Fsp3) is 0.286. The van der Waals surface area contributed by atoms with Crippen molar-refractivity contribution in [3.05, 3.63) is 44.1 Å². The average molecular weight is 356 g/mol. The number of nitrogens with zero attached hydrogens (tertiary/aromatic N) is 1. The molecule has 0 aliphatic heterocycles. The third-order valence-electron chi connectivity index (χ3n) is 3.02. The van der Waals surface area contributed by atoms with Crippen LogP contribution in [0.15, 0.2) is 33.5 Å². The monoisotopic (exact) mass is 355 g/mol. The second-order valence-electron chi connectivity index (χ2n) is 4.44. The summed E-state index contributed by atoms with van der Waals surface area (Å²) in [6.45, 7) is 2.35. The van der Waals surface area contributed by atoms with Gasteiger partial charge < -0.3 is 9.67 Å². The molecule has 0 radical (unpaired) electrons. The van der Waals surface area contributed by atoms with Gasteiger partial charge in [0.2, 0.25) is 0 Å². The fourth-order valence-corrected chi connectivity index (χ4v) is 3.28. The Morgan fingerprint density at radius 3 is 2.60 bits per heavy atom. The summed E-state index contributed by atoms with van der Waals surface area (Å²) < 4.78 is 2.65. The molecule has 1 aromatic heterocycles. The lowest BCUT2D eigenvalue weighted by Crippen LogP contribution is -2.15. The largest absolute Gasteiger partial charge is 0.481 e. The van der Waals surface area contributed by atoms with Crippen LogP contribution >= 0.6 is 27.3 Å². The van der Waals surface area contributed by atoms with Gasteiger partial charge in [0, 0.05) is 23.1 Å². The molecule has 2 aromatic rings. The van der Waals surface area contributed by atoms with Gasteiger partial charge in [0.1, 0.15) is 0 Å². The summed E-state index contributed by atoms with van der Waals surface area (Å²) in [6.07, 6.45) is 0.544. The first-order chi connectivity index (χ1) is 9.49. The topological polar surface area (TPSA) is 59.3 Å². The molecular weight excluding hydrogens is 342 g/mol. The standard InChI is InChI=1S/C14H14BrNO3S/c1-9-13(10-4-6-11(15)7-5-10)20-14(19)16(9)8-2-3-12(17)18/h4-7H,2-3,8H2,1H3,(H,17,18). The Kier molecular flexibility index (Phi) is 4.77. The van der Waals surface area contributed by atoms with Crippen LogP contribution in [0.1, 0.15) is 18.5 Å². The highest BCUT2D eigenvalue weighted by Crippen LogP contribution is 2.27. The van der Waals surface area contributed by atoms with Gasteiger partial charge in [-0.2, -0.15) is 0 Å². The quantitative estimate of drug-likeness (QED) is 0.892. The highest BCUT2D eigenvalue weighted by atomic mass is 79.9. The van der Waals surface area contributed by atoms with Crippen LogP contribution in [0.5, 0.6) is 0 Å². The van der Waals surface area contributed by atoms with Gasteiger partial charge in [-0.15, -0.1) is 0 Å². The van der Waals surface area contributed by atoms with E-state index < -0.39 is 5.97 Å². The van der Waals surface area contributed by atoms with E-state index in [1.165, 1.54) is 11.3 Å². The zero-order valence-corrected chi connectivity index (χ0v) is 13.3. The molecule has 0 bridgehead atoms. The molecule has 0 amide bonds. The summed E-state index contributed by atoms with van der Waals surface area (Å²) in [5, 5.41) is 8.65. The van der Waals surface area contributed by atoms with Crippen molar-refractivity contribution in [3.63, 3.8) is 0 Å². The van der Waals surface area contributed by atoms with Crippen molar-refractivity contribution in [1.82, 2.24) is 4.57 Å². The maximum atomic E-state index is 12.0. The van der Waals surface area contributed by atoms with Crippen molar-refractivity contribution in [1.29, 1.82) is 0 Å². The number of carboxylic acids is 1. The number of halogens is 1. The van der Waals surface area contributed by atoms with Crippen LogP contribution in [-0.2, 0) is 11.3 Å². The Balaban J connectivity index is 2.26. The van der Waals surface area contributed by atoms with Crippen molar-refractivity contribution in [2.24, 2.45) is 0 Å². The van der Waals surface area contributed by atoms with E-state index in [4.69, 9.17) is 5.11 Å². The maximum Gasteiger partial charge on any atom is 0.307 e. The summed E-state index contributed by atoms with van der Waals surface area (Å²) in [4.78, 5) is 23.4. The minimum absolute atomic E-state index is 0.0363. The smallest absolute Gasteiger partial charge is 0.307 e. The summed E-state index contributed by atoms with van der Waals surface area (Å²) in [5.74, 6) is -0.834. The molecule has 0 saturated carbocycles. The lowest BCUT2D eigenvalue weighted by molar-refractivity contribution is -0.137. The van der Waals surface area contributed by atoms with Gasteiger partial charge >= 0.3 is 10.8 Å². The van der Waals surface area contributed by atoms with Crippen LogP contribution in [0.25, 0.3) is 10.4 Å². The first-order valence-corrected chi connectivity index (χ1v) is 7.78. The zero-order chi connectivity index (χ0) is 14.7. The van der Waals surface area contributed by atoms with E-state index in [-0.39, 0.29) is 11.3 Å². The molecule has 4 nitrogen and oxygen atoms in total. The summed E-state index contributed by atoms with van der Waals surface area (Å²) in [5.41, 5.74) is 1.90. The Hall–Kier alpha value is -1.40. The van der Waals surface area contributed by atoms with Crippen molar-refractivity contribution in [3.8, 4) is 10.4 Å². The summed E-state index contributed by atoms with van der Waals surface area (Å²) >= 11 is 4.59. The minimum Gasteiger partial charge on any atom is -0.481 e. The first kappa shape index (κ1) is 15.0. The molecular formula is C14H14BrNO3S. The molecule has 106 valence electrons. The highest BCUT2D eigenvalue weighted by molar-refractivity contribution is 9.10. The molecule has 0 aliphatic carbocycles. The fourth-order valence-electron chi connectivity index (χ4n) is 1.99. The SMILES string of the molecule is Cc1c(-c2ccc(Br)cc2)sc(=O)n1CCCC(=O)O. The molecule has 0 atom stereocenters. The molecule has 1 aromatic carbocycles. The Morgan fingerprint density at radius 1 is 1.35 bits per heavy atom. The number of benzene rings is 1. The van der Waals surface area contributed by atoms with Crippen molar-refractivity contribution < 1.29 is 9.90 Å². The van der Waals surface area contributed by atoms with Crippen molar-refractivity contribution in [2.45, 2.75) is 26.3 Å². The van der Waals surface area contributed by atoms with Gasteiger partial charge in [0.25, 0.3) is 0 Å². The lowest BCUT2D eigenvalue weighted by Gasteiger charge is -2.05. The van der Waals surface area contributed by atoms with E-state index >= 15 is 0 Å². The molecule has 0 unspecified atom stereocenters. The number of aliphatic carboxylic acids is 1. The first-order valence-electron chi connectivity index (χ1n) is 6.17. The molecule has 1 N–H and O–H groups in total. The van der Waals surface area contributed by atoms with Crippen LogP contribution in [0.3, 0.4) is 0 Å². The van der Waals surface area contributed by atoms with Crippen molar-refractivity contribution in [2.75, 3.05) is 0 Å². The van der Waals surface area contributed by atoms with Crippen molar-refractivity contribution >= 4 is 33.2 Å². The normalized spacial score (nSPS) is 10.7. The summed E-state index contributed by atoms with van der Waals surface area (Å²) in [6, 6.07) is 7.80. The van der Waals surface area contributed by atoms with Crippen LogP contribution in [-0.4, -0.2) is 15.6 Å². The summed E-state index contributed by atoms with van der Waals surface area (Å²) in [7, 11) is 0. The molecule has 6 heteroatoms. The predicted octanol–water partition coefficient (Wildman–Crippen LogP) is 3.51. The van der Waals surface area contributed by atoms with E-state index in [0.717, 1.165) is 20.6 Å². The Labute approximate surface area is 128 Å². The van der Waals surface area contributed by atoms with E-state index in [1.54, 1.807) is 4.57 Å². The van der Waals surface area contributed by atoms with Gasteiger partial charge in [-0.1, -0.05) is 39.4 Å². The van der Waals surface area contributed by atoms with Gasteiger partial charge in [-0.05, 0) is 31.0 Å². The van der Waals surface area contributed by atoms with Gasteiger partial charge in [0.05, 0.1) is 4.88 Å². The number of hydrogen-bond acceptors (Lipinski definition) is 3. The van der Waals surface area contributed by atoms with Gasteiger partial charge in [0.15, 0.2) is 0 Å². The van der Waals surface area contributed by atoms with E-state index in [1.807, 2.05) is 31.2 Å². The third-order valence-corrected chi connectivity index (χ3v) is 4.68. The van der Waals surface area contributed by atoms with Crippen LogP contribution in [0.2, 0.25) is 0 Å². The maximum absolute atomic E-state index is 12.0. The molecule has 0 saturated heterocycles. The molecule has 20 heavy (non-hydrogen) atoms. The van der Waals surface area contributed by atoms with E-state index in [9.17, 15) is 9.59 Å². The number of aromatic nitrogens is 1. The van der Waals surface area contributed by atoms with E-state index in [0.29, 0.717) is 13.0 Å². The number of thiazole rings is 1. The predicted molar refractivity (Wildman–Crippen MR) is 83.3 cm³/mol. The third kappa shape index (κ3) is 3.37. The number of carbonyl (C=O) groups is 1. The Bertz CT molecular complexity index is 673. The molecule has 0 fully saturated rings. The number of rotatable bonds is 5. The van der Waals surface area contributed by atoms with E-state index in [2.05, 4.69) is 15.9 Å².